The molecule has 1 fully saturated rings. The van der Waals surface area contributed by atoms with Crippen molar-refractivity contribution in [2.75, 3.05) is 18.0 Å². The summed E-state index contributed by atoms with van der Waals surface area (Å²) in [6.07, 6.45) is 2.61. The molecule has 1 saturated heterocycles. The van der Waals surface area contributed by atoms with Crippen LogP contribution in [0.25, 0.3) is 5.69 Å². The minimum atomic E-state index is -0.787. The van der Waals surface area contributed by atoms with Crippen LogP contribution in [0.5, 0.6) is 0 Å². The molecule has 11 heteroatoms. The molecule has 0 radical (unpaired) electrons. The Labute approximate surface area is 254 Å². The van der Waals surface area contributed by atoms with Crippen LogP contribution in [-0.4, -0.2) is 40.6 Å². The lowest BCUT2D eigenvalue weighted by Crippen LogP contribution is -2.54. The van der Waals surface area contributed by atoms with E-state index >= 15 is 0 Å². The number of aromatic nitrogens is 2. The number of benzene rings is 3. The second kappa shape index (κ2) is 10.8. The summed E-state index contributed by atoms with van der Waals surface area (Å²) in [5, 5.41) is 13.8. The molecule has 42 heavy (non-hydrogen) atoms. The van der Waals surface area contributed by atoms with E-state index in [1.807, 2.05) is 54.6 Å². The Morgan fingerprint density at radius 3 is 2.29 bits per heavy atom. The number of nitriles is 1. The Bertz CT molecular complexity index is 1800. The summed E-state index contributed by atoms with van der Waals surface area (Å²) in [5.41, 5.74) is 8.37. The lowest BCUT2D eigenvalue weighted by molar-refractivity contribution is -0.119. The summed E-state index contributed by atoms with van der Waals surface area (Å²) < 4.78 is 16.3. The molecule has 1 unspecified atom stereocenters. The fourth-order valence-corrected chi connectivity index (χ4v) is 6.25. The Kier molecular flexibility index (Phi) is 7.12. The summed E-state index contributed by atoms with van der Waals surface area (Å²) in [7, 11) is 0. The number of nitrogens with zero attached hydrogens (tertiary/aromatic N) is 5. The smallest absolute Gasteiger partial charge is 0.364 e. The van der Waals surface area contributed by atoms with Crippen LogP contribution < -0.4 is 15.1 Å². The minimum absolute atomic E-state index is 0.0412. The van der Waals surface area contributed by atoms with Crippen LogP contribution in [0.1, 0.15) is 51.4 Å². The van der Waals surface area contributed by atoms with Crippen LogP contribution in [0.2, 0.25) is 0 Å². The number of carbonyl (C=O) groups is 3. The molecule has 0 bridgehead atoms. The van der Waals surface area contributed by atoms with Gasteiger partial charge in [-0.2, -0.15) is 14.8 Å². The van der Waals surface area contributed by atoms with Gasteiger partial charge in [-0.15, -0.1) is 0 Å². The zero-order chi connectivity index (χ0) is 29.6. The van der Waals surface area contributed by atoms with Crippen molar-refractivity contribution in [2.45, 2.75) is 25.7 Å². The van der Waals surface area contributed by atoms with Crippen molar-refractivity contribution in [3.8, 4) is 11.8 Å². The monoisotopic (exact) mass is 675 g/mol. The van der Waals surface area contributed by atoms with E-state index in [-0.39, 0.29) is 45.5 Å². The standard InChI is InChI=1S/C31H24FIN6O3/c32-26-13-8-22(17-19(26)18-34)38-29-25(28(36-38)30(35)41)14-16-39(31(29)42,23-9-4-20(33)5-10-23)24-11-6-21(7-12-24)37-15-2-1-3-27(37)40/h4-13,17H,1-3,14-16H2,(H-,35,41)/p+1. The highest BCUT2D eigenvalue weighted by molar-refractivity contribution is 14.1. The molecule has 0 spiro atoms. The number of hydrogen-bond donors (Lipinski definition) is 1. The van der Waals surface area contributed by atoms with Crippen LogP contribution in [-0.2, 0) is 11.2 Å². The van der Waals surface area contributed by atoms with Gasteiger partial charge in [0.05, 0.1) is 11.3 Å². The van der Waals surface area contributed by atoms with Gasteiger partial charge in [0, 0.05) is 58.5 Å². The SMILES string of the molecule is N#Cc1cc(-n2nc(C(N)=O)c3c2C(=O)[N+](c2ccc(I)cc2)(c2ccc(N4CCCCC4=O)cc2)CC3)ccc1F. The van der Waals surface area contributed by atoms with Crippen molar-refractivity contribution < 1.29 is 18.8 Å². The van der Waals surface area contributed by atoms with Crippen molar-refractivity contribution in [2.24, 2.45) is 5.73 Å². The summed E-state index contributed by atoms with van der Waals surface area (Å²) in [5.74, 6) is -1.78. The highest BCUT2D eigenvalue weighted by Crippen LogP contribution is 2.42. The van der Waals surface area contributed by atoms with Gasteiger partial charge in [-0.3, -0.25) is 9.59 Å². The zero-order valence-electron chi connectivity index (χ0n) is 22.4. The van der Waals surface area contributed by atoms with Crippen LogP contribution in [0.4, 0.5) is 21.5 Å². The molecule has 4 aromatic rings. The number of nitrogens with two attached hydrogens (primary N) is 1. The van der Waals surface area contributed by atoms with Gasteiger partial charge >= 0.3 is 5.91 Å². The molecule has 6 rings (SSSR count). The largest absolute Gasteiger partial charge is 0.374 e. The molecule has 210 valence electrons. The van der Waals surface area contributed by atoms with E-state index in [4.69, 9.17) is 5.73 Å². The van der Waals surface area contributed by atoms with E-state index in [2.05, 4.69) is 27.7 Å². The second-order valence-corrected chi connectivity index (χ2v) is 11.6. The lowest BCUT2D eigenvalue weighted by Gasteiger charge is -2.38. The predicted octanol–water partition coefficient (Wildman–Crippen LogP) is 5.14. The third-order valence-corrected chi connectivity index (χ3v) is 8.69. The van der Waals surface area contributed by atoms with Gasteiger partial charge in [0.2, 0.25) is 5.91 Å². The van der Waals surface area contributed by atoms with E-state index in [1.165, 1.54) is 16.8 Å². The van der Waals surface area contributed by atoms with E-state index < -0.39 is 11.7 Å². The van der Waals surface area contributed by atoms with E-state index in [0.29, 0.717) is 36.3 Å². The summed E-state index contributed by atoms with van der Waals surface area (Å²) >= 11 is 2.20. The molecule has 1 aromatic heterocycles. The number of quaternary nitrogens is 1. The third-order valence-electron chi connectivity index (χ3n) is 7.97. The van der Waals surface area contributed by atoms with Gasteiger partial charge in [0.15, 0.2) is 11.4 Å². The maximum absolute atomic E-state index is 14.9. The molecule has 2 aliphatic heterocycles. The van der Waals surface area contributed by atoms with Gasteiger partial charge in [-0.1, -0.05) is 0 Å². The Balaban J connectivity index is 1.54. The minimum Gasteiger partial charge on any atom is -0.364 e. The normalized spacial score (nSPS) is 18.5. The number of halogens is 2. The first-order valence-corrected chi connectivity index (χ1v) is 14.5. The van der Waals surface area contributed by atoms with Crippen molar-refractivity contribution in [3.05, 3.63) is 98.6 Å². The van der Waals surface area contributed by atoms with Crippen LogP contribution in [0.3, 0.4) is 0 Å². The maximum Gasteiger partial charge on any atom is 0.374 e. The van der Waals surface area contributed by atoms with Crippen molar-refractivity contribution in [3.63, 3.8) is 0 Å². The molecule has 9 nitrogen and oxygen atoms in total. The van der Waals surface area contributed by atoms with Gasteiger partial charge in [0.25, 0.3) is 5.91 Å². The highest BCUT2D eigenvalue weighted by Gasteiger charge is 2.50. The summed E-state index contributed by atoms with van der Waals surface area (Å²) in [6.45, 7) is 0.933. The Morgan fingerprint density at radius 2 is 1.64 bits per heavy atom. The number of anilines is 1. The van der Waals surface area contributed by atoms with Crippen LogP contribution in [0.15, 0.2) is 66.7 Å². The molecule has 3 heterocycles. The van der Waals surface area contributed by atoms with Crippen molar-refractivity contribution in [1.29, 1.82) is 5.26 Å². The lowest BCUT2D eigenvalue weighted by atomic mass is 9.97. The third kappa shape index (κ3) is 4.47. The molecular weight excluding hydrogens is 650 g/mol. The van der Waals surface area contributed by atoms with Crippen LogP contribution >= 0.6 is 22.6 Å². The highest BCUT2D eigenvalue weighted by atomic mass is 127. The zero-order valence-corrected chi connectivity index (χ0v) is 24.5. The van der Waals surface area contributed by atoms with E-state index in [1.54, 1.807) is 4.90 Å². The molecule has 0 aliphatic carbocycles. The first kappa shape index (κ1) is 27.7. The number of carbonyl (C=O) groups excluding carboxylic acids is 3. The molecule has 2 aliphatic rings. The average Bonchev–Trinajstić information content (AvgIpc) is 3.40. The molecule has 1 atom stereocenters. The van der Waals surface area contributed by atoms with E-state index in [9.17, 15) is 24.0 Å². The number of primary amides is 1. The number of rotatable bonds is 5. The maximum atomic E-state index is 14.9. The second-order valence-electron chi connectivity index (χ2n) is 10.3. The quantitative estimate of drug-likeness (QED) is 0.232. The summed E-state index contributed by atoms with van der Waals surface area (Å²) in [6, 6.07) is 20.7. The molecular formula is C31H25FIN6O3+. The number of amides is 3. The van der Waals surface area contributed by atoms with Gasteiger partial charge < -0.3 is 10.6 Å². The average molecular weight is 675 g/mol. The molecule has 3 aromatic carbocycles. The Morgan fingerprint density at radius 1 is 0.976 bits per heavy atom. The van der Waals surface area contributed by atoms with Gasteiger partial charge in [0.1, 0.15) is 29.8 Å². The van der Waals surface area contributed by atoms with Gasteiger partial charge in [-0.25, -0.2) is 13.9 Å². The topological polar surface area (TPSA) is 122 Å². The fourth-order valence-electron chi connectivity index (χ4n) is 5.89. The summed E-state index contributed by atoms with van der Waals surface area (Å²) in [4.78, 5) is 41.6. The van der Waals surface area contributed by atoms with E-state index in [0.717, 1.165) is 28.2 Å². The molecule has 0 saturated carbocycles. The van der Waals surface area contributed by atoms with Crippen molar-refractivity contribution in [1.82, 2.24) is 14.3 Å². The fraction of sp³-hybridized carbons (Fsp3) is 0.194. The molecule has 2 N–H and O–H groups in total. The predicted molar refractivity (Wildman–Crippen MR) is 163 cm³/mol. The van der Waals surface area contributed by atoms with Crippen molar-refractivity contribution >= 4 is 57.4 Å². The first-order valence-electron chi connectivity index (χ1n) is 13.5. The molecule has 3 amide bonds. The first-order chi connectivity index (χ1) is 20.2. The number of piperidine rings is 1. The number of fused-ring (bicyclic) bond motifs is 1. The number of hydrogen-bond acceptors (Lipinski definition) is 5. The Hall–Kier alpha value is -4.41. The van der Waals surface area contributed by atoms with Crippen LogP contribution in [0, 0.1) is 20.7 Å². The van der Waals surface area contributed by atoms with Gasteiger partial charge in [-0.05, 0) is 77.9 Å².